The van der Waals surface area contributed by atoms with E-state index in [1.165, 1.54) is 0 Å². The van der Waals surface area contributed by atoms with E-state index in [4.69, 9.17) is 4.74 Å². The van der Waals surface area contributed by atoms with Crippen molar-refractivity contribution in [3.8, 4) is 0 Å². The van der Waals surface area contributed by atoms with E-state index in [2.05, 4.69) is 5.32 Å². The van der Waals surface area contributed by atoms with Crippen LogP contribution in [0.25, 0.3) is 0 Å². The van der Waals surface area contributed by atoms with Crippen LogP contribution < -0.4 is 5.32 Å². The number of amides is 1. The lowest BCUT2D eigenvalue weighted by Gasteiger charge is -2.16. The van der Waals surface area contributed by atoms with E-state index in [9.17, 15) is 14.3 Å². The van der Waals surface area contributed by atoms with Crippen molar-refractivity contribution < 1.29 is 19.0 Å². The van der Waals surface area contributed by atoms with Gasteiger partial charge in [0.05, 0.1) is 0 Å². The van der Waals surface area contributed by atoms with Gasteiger partial charge in [0.1, 0.15) is 12.4 Å². The van der Waals surface area contributed by atoms with E-state index in [0.29, 0.717) is 5.56 Å². The van der Waals surface area contributed by atoms with Crippen LogP contribution in [-0.4, -0.2) is 11.0 Å². The smallest absolute Gasteiger partial charge is 0.408 e. The molecule has 0 bridgehead atoms. The first-order valence-electron chi connectivity index (χ1n) is 6.42. The molecular formula is C15H16NO4P. The molecule has 110 valence electrons. The van der Waals surface area contributed by atoms with Crippen LogP contribution in [0, 0.1) is 0 Å². The van der Waals surface area contributed by atoms with Gasteiger partial charge in [-0.3, -0.25) is 4.57 Å². The lowest BCUT2D eigenvalue weighted by molar-refractivity contribution is 0.138. The van der Waals surface area contributed by atoms with Crippen LogP contribution in [0.2, 0.25) is 0 Å². The van der Waals surface area contributed by atoms with Crippen LogP contribution in [-0.2, 0) is 15.9 Å². The number of carbonyl (C=O) groups excluding carboxylic acids is 1. The molecule has 0 heterocycles. The van der Waals surface area contributed by atoms with Gasteiger partial charge < -0.3 is 14.9 Å². The van der Waals surface area contributed by atoms with Gasteiger partial charge in [-0.05, 0) is 11.1 Å². The fourth-order valence-electron chi connectivity index (χ4n) is 1.82. The molecule has 2 N–H and O–H groups in total. The SMILES string of the molecule is O=C(N[C@@H](c1ccccc1)[PH](=O)O)OCc1ccccc1. The van der Waals surface area contributed by atoms with Crippen molar-refractivity contribution in [2.75, 3.05) is 0 Å². The second-order valence-corrected chi connectivity index (χ2v) is 5.64. The summed E-state index contributed by atoms with van der Waals surface area (Å²) in [6, 6.07) is 17.9. The van der Waals surface area contributed by atoms with Gasteiger partial charge in [-0.25, -0.2) is 4.79 Å². The Hall–Kier alpha value is -2.10. The van der Waals surface area contributed by atoms with Gasteiger partial charge in [0.2, 0.25) is 8.03 Å². The number of ether oxygens (including phenoxy) is 1. The third-order valence-electron chi connectivity index (χ3n) is 2.85. The minimum absolute atomic E-state index is 0.112. The molecule has 2 aromatic rings. The van der Waals surface area contributed by atoms with Gasteiger partial charge in [-0.2, -0.15) is 0 Å². The summed E-state index contributed by atoms with van der Waals surface area (Å²) in [5.41, 5.74) is 1.42. The molecule has 1 unspecified atom stereocenters. The summed E-state index contributed by atoms with van der Waals surface area (Å²) >= 11 is 0. The third-order valence-corrected chi connectivity index (χ3v) is 3.83. The molecule has 2 atom stereocenters. The van der Waals surface area contributed by atoms with E-state index in [-0.39, 0.29) is 6.61 Å². The summed E-state index contributed by atoms with van der Waals surface area (Å²) in [5.74, 6) is -0.945. The van der Waals surface area contributed by atoms with E-state index >= 15 is 0 Å². The molecule has 6 heteroatoms. The van der Waals surface area contributed by atoms with Crippen molar-refractivity contribution in [2.24, 2.45) is 0 Å². The summed E-state index contributed by atoms with van der Waals surface area (Å²) in [6.07, 6.45) is -0.722. The Balaban J connectivity index is 1.95. The molecule has 0 aliphatic carbocycles. The summed E-state index contributed by atoms with van der Waals surface area (Å²) < 4.78 is 16.5. The summed E-state index contributed by atoms with van der Waals surface area (Å²) in [5, 5.41) is 2.42. The largest absolute Gasteiger partial charge is 0.445 e. The number of rotatable bonds is 5. The van der Waals surface area contributed by atoms with Crippen molar-refractivity contribution in [1.29, 1.82) is 0 Å². The lowest BCUT2D eigenvalue weighted by Crippen LogP contribution is -2.27. The average molecular weight is 305 g/mol. The van der Waals surface area contributed by atoms with E-state index in [1.807, 2.05) is 30.3 Å². The second kappa shape index (κ2) is 7.62. The third kappa shape index (κ3) is 4.74. The van der Waals surface area contributed by atoms with Gasteiger partial charge in [0.25, 0.3) is 0 Å². The van der Waals surface area contributed by atoms with Gasteiger partial charge in [0, 0.05) is 0 Å². The van der Waals surface area contributed by atoms with Gasteiger partial charge in [-0.15, -0.1) is 0 Å². The topological polar surface area (TPSA) is 75.6 Å². The normalized spacial score (nSPS) is 13.2. The Morgan fingerprint density at radius 3 is 2.24 bits per heavy atom. The fourth-order valence-corrected chi connectivity index (χ4v) is 2.53. The minimum atomic E-state index is -2.96. The molecule has 0 saturated heterocycles. The zero-order valence-corrected chi connectivity index (χ0v) is 12.2. The number of benzene rings is 2. The zero-order valence-electron chi connectivity index (χ0n) is 11.2. The Morgan fingerprint density at radius 2 is 1.67 bits per heavy atom. The van der Waals surface area contributed by atoms with Crippen LogP contribution in [0.3, 0.4) is 0 Å². The molecule has 0 saturated carbocycles. The second-order valence-electron chi connectivity index (χ2n) is 4.39. The minimum Gasteiger partial charge on any atom is -0.445 e. The zero-order chi connectivity index (χ0) is 15.1. The molecule has 0 spiro atoms. The Morgan fingerprint density at radius 1 is 1.10 bits per heavy atom. The molecule has 5 nitrogen and oxygen atoms in total. The number of nitrogens with one attached hydrogen (secondary N) is 1. The van der Waals surface area contributed by atoms with E-state index < -0.39 is 19.9 Å². The van der Waals surface area contributed by atoms with Crippen LogP contribution in [0.5, 0.6) is 0 Å². The quantitative estimate of drug-likeness (QED) is 0.832. The summed E-state index contributed by atoms with van der Waals surface area (Å²) in [6.45, 7) is 0.112. The van der Waals surface area contributed by atoms with E-state index in [1.54, 1.807) is 30.3 Å². The molecule has 0 aliphatic rings. The van der Waals surface area contributed by atoms with Crippen molar-refractivity contribution in [3.63, 3.8) is 0 Å². The van der Waals surface area contributed by atoms with Gasteiger partial charge >= 0.3 is 6.09 Å². The molecule has 1 amide bonds. The maximum Gasteiger partial charge on any atom is 0.408 e. The first-order chi connectivity index (χ1) is 10.2. The molecule has 2 aromatic carbocycles. The predicted molar refractivity (Wildman–Crippen MR) is 80.2 cm³/mol. The molecule has 2 rings (SSSR count). The Kier molecular flexibility index (Phi) is 5.55. The molecule has 0 radical (unpaired) electrons. The van der Waals surface area contributed by atoms with Crippen molar-refractivity contribution >= 4 is 14.1 Å². The predicted octanol–water partition coefficient (Wildman–Crippen LogP) is 3.08. The number of carbonyl (C=O) groups is 1. The standard InChI is InChI=1S/C15H16NO4P/c17-15(20-11-12-7-3-1-4-8-12)16-14(21(18)19)13-9-5-2-6-10-13/h1-10,14,21H,11H2,(H,16,17)(H,18,19)/t14-/m1/s1. The Bertz CT molecular complexity index is 604. The van der Waals surface area contributed by atoms with Crippen molar-refractivity contribution in [1.82, 2.24) is 5.32 Å². The maximum atomic E-state index is 11.7. The number of hydrogen-bond donors (Lipinski definition) is 2. The van der Waals surface area contributed by atoms with Crippen LogP contribution >= 0.6 is 8.03 Å². The highest BCUT2D eigenvalue weighted by Crippen LogP contribution is 2.34. The highest BCUT2D eigenvalue weighted by Gasteiger charge is 2.19. The Labute approximate surface area is 123 Å². The molecule has 0 aliphatic heterocycles. The maximum absolute atomic E-state index is 11.7. The lowest BCUT2D eigenvalue weighted by atomic mass is 10.2. The van der Waals surface area contributed by atoms with Gasteiger partial charge in [0.15, 0.2) is 0 Å². The van der Waals surface area contributed by atoms with E-state index in [0.717, 1.165) is 5.56 Å². The van der Waals surface area contributed by atoms with Crippen LogP contribution in [0.4, 0.5) is 4.79 Å². The number of hydrogen-bond acceptors (Lipinski definition) is 3. The average Bonchev–Trinajstić information content (AvgIpc) is 2.52. The summed E-state index contributed by atoms with van der Waals surface area (Å²) in [4.78, 5) is 21.1. The first-order valence-corrected chi connectivity index (χ1v) is 7.85. The first kappa shape index (κ1) is 15.3. The molecule has 0 fully saturated rings. The van der Waals surface area contributed by atoms with Gasteiger partial charge in [-0.1, -0.05) is 60.7 Å². The number of alkyl carbamates (subject to hydrolysis) is 1. The van der Waals surface area contributed by atoms with Crippen LogP contribution in [0.15, 0.2) is 60.7 Å². The fraction of sp³-hybridized carbons (Fsp3) is 0.133. The molecule has 0 aromatic heterocycles. The summed E-state index contributed by atoms with van der Waals surface area (Å²) in [7, 11) is -2.96. The monoisotopic (exact) mass is 305 g/mol. The highest BCUT2D eigenvalue weighted by atomic mass is 31.1. The highest BCUT2D eigenvalue weighted by molar-refractivity contribution is 7.38. The molecule has 21 heavy (non-hydrogen) atoms. The van der Waals surface area contributed by atoms with Crippen molar-refractivity contribution in [3.05, 3.63) is 71.8 Å². The van der Waals surface area contributed by atoms with Crippen LogP contribution in [0.1, 0.15) is 16.9 Å². The molecular weight excluding hydrogens is 289 g/mol. The van der Waals surface area contributed by atoms with Crippen molar-refractivity contribution in [2.45, 2.75) is 12.4 Å².